The maximum Gasteiger partial charge on any atom is 0.254 e. The van der Waals surface area contributed by atoms with Crippen molar-refractivity contribution >= 4 is 69.8 Å². The first-order valence-corrected chi connectivity index (χ1v) is 17.6. The van der Waals surface area contributed by atoms with Crippen LogP contribution >= 0.6 is 46.4 Å². The van der Waals surface area contributed by atoms with Crippen LogP contribution in [-0.2, 0) is 14.4 Å². The zero-order valence-corrected chi connectivity index (χ0v) is 30.1. The minimum Gasteiger partial charge on any atom is -0.399 e. The number of hydrogen-bond donors (Lipinski definition) is 1. The molecule has 4 rings (SSSR count). The van der Waals surface area contributed by atoms with Gasteiger partial charge in [0.15, 0.2) is 0 Å². The van der Waals surface area contributed by atoms with E-state index in [1.165, 1.54) is 7.11 Å². The molecule has 2 aliphatic rings. The van der Waals surface area contributed by atoms with Crippen molar-refractivity contribution < 1.29 is 19.2 Å². The molecule has 0 aromatic heterocycles. The Morgan fingerprint density at radius 3 is 2.36 bits per heavy atom. The summed E-state index contributed by atoms with van der Waals surface area (Å²) in [5.41, 5.74) is 1.94. The lowest BCUT2D eigenvalue weighted by molar-refractivity contribution is -0.144. The summed E-state index contributed by atoms with van der Waals surface area (Å²) in [4.78, 5) is 50.1. The molecule has 2 atom stereocenters. The average molecular weight is 728 g/mol. The fraction of sp³-hybridized carbons (Fsp3) is 0.529. The zero-order chi connectivity index (χ0) is 34.1. The number of halogens is 4. The first-order chi connectivity index (χ1) is 22.5. The number of nitrogens with one attached hydrogen (secondary N) is 1. The van der Waals surface area contributed by atoms with E-state index in [-0.39, 0.29) is 48.6 Å². The molecular formula is C34H43Cl4N5O4. The largest absolute Gasteiger partial charge is 0.399 e. The van der Waals surface area contributed by atoms with Gasteiger partial charge in [0.05, 0.1) is 22.3 Å². The van der Waals surface area contributed by atoms with Gasteiger partial charge in [0.2, 0.25) is 11.8 Å². The summed E-state index contributed by atoms with van der Waals surface area (Å²) in [6, 6.07) is 10.4. The highest BCUT2D eigenvalue weighted by Gasteiger charge is 2.36. The molecule has 1 N–H and O–H groups in total. The van der Waals surface area contributed by atoms with Gasteiger partial charge >= 0.3 is 0 Å². The normalized spacial score (nSPS) is 18.6. The predicted octanol–water partition coefficient (Wildman–Crippen LogP) is 6.78. The summed E-state index contributed by atoms with van der Waals surface area (Å²) in [6.07, 6.45) is 4.37. The average Bonchev–Trinajstić information content (AvgIpc) is 3.03. The highest BCUT2D eigenvalue weighted by molar-refractivity contribution is 6.42. The number of likely N-dealkylation sites (tertiary alicyclic amines) is 2. The molecule has 2 fully saturated rings. The molecule has 9 nitrogen and oxygen atoms in total. The summed E-state index contributed by atoms with van der Waals surface area (Å²) >= 11 is 25.0. The Hall–Kier alpha value is -2.56. The van der Waals surface area contributed by atoms with Gasteiger partial charge in [-0.1, -0.05) is 57.6 Å². The van der Waals surface area contributed by atoms with E-state index in [1.807, 2.05) is 24.0 Å². The minimum absolute atomic E-state index is 0.0557. The Bertz CT molecular complexity index is 1430. The van der Waals surface area contributed by atoms with E-state index in [0.717, 1.165) is 57.4 Å². The highest BCUT2D eigenvalue weighted by atomic mass is 35.5. The van der Waals surface area contributed by atoms with Crippen molar-refractivity contribution in [2.75, 3.05) is 53.4 Å². The number of nitrogens with zero attached hydrogens (tertiary/aromatic N) is 4. The Morgan fingerprint density at radius 1 is 1.02 bits per heavy atom. The van der Waals surface area contributed by atoms with E-state index in [4.69, 9.17) is 51.2 Å². The van der Waals surface area contributed by atoms with Crippen molar-refractivity contribution in [3.63, 3.8) is 0 Å². The van der Waals surface area contributed by atoms with E-state index in [2.05, 4.69) is 15.4 Å². The fourth-order valence-electron chi connectivity index (χ4n) is 6.57. The molecule has 0 spiro atoms. The quantitative estimate of drug-likeness (QED) is 0.182. The standard InChI is InChI=1S/C34H43Cl4N5O4/c1-4-39-32(44)19-23-6-5-12-43(34(23)46)27-9-13-42(14-10-27)15-11-28(22-7-8-29(37)30(38)18-22)31(40-47-3)21-41(2)33(45)24-16-25(35)20-26(36)17-24/h7-8,16-18,20,23,27-28H,4-6,9-15,19,21H2,1-3H3,(H,39,44)/b40-31+. The smallest absolute Gasteiger partial charge is 0.254 e. The number of hydrogen-bond acceptors (Lipinski definition) is 6. The number of rotatable bonds is 13. The highest BCUT2D eigenvalue weighted by Crippen LogP contribution is 2.32. The number of piperidine rings is 2. The molecule has 0 aliphatic carbocycles. The molecule has 13 heteroatoms. The first kappa shape index (κ1) is 37.3. The second kappa shape index (κ2) is 17.7. The lowest BCUT2D eigenvalue weighted by atomic mass is 9.89. The van der Waals surface area contributed by atoms with Gasteiger partial charge in [0, 0.05) is 73.1 Å². The molecule has 2 saturated heterocycles. The van der Waals surface area contributed by atoms with Gasteiger partial charge in [-0.15, -0.1) is 0 Å². The number of carbonyl (C=O) groups is 3. The molecule has 2 heterocycles. The third-order valence-corrected chi connectivity index (χ3v) is 10.1. The van der Waals surface area contributed by atoms with Gasteiger partial charge in [-0.2, -0.15) is 0 Å². The maximum absolute atomic E-state index is 13.4. The van der Waals surface area contributed by atoms with Crippen LogP contribution in [0.1, 0.15) is 67.3 Å². The van der Waals surface area contributed by atoms with Crippen LogP contribution in [0, 0.1) is 5.92 Å². The van der Waals surface area contributed by atoms with Crippen molar-refractivity contribution in [1.82, 2.24) is 20.0 Å². The number of benzene rings is 2. The Kier molecular flexibility index (Phi) is 14.1. The monoisotopic (exact) mass is 725 g/mol. The van der Waals surface area contributed by atoms with Crippen molar-refractivity contribution in [2.24, 2.45) is 11.1 Å². The molecule has 0 bridgehead atoms. The second-order valence-electron chi connectivity index (χ2n) is 12.2. The molecule has 0 saturated carbocycles. The van der Waals surface area contributed by atoms with E-state index in [0.29, 0.717) is 44.3 Å². The van der Waals surface area contributed by atoms with Crippen LogP contribution in [0.3, 0.4) is 0 Å². The fourth-order valence-corrected chi connectivity index (χ4v) is 7.41. The zero-order valence-electron chi connectivity index (χ0n) is 27.1. The van der Waals surface area contributed by atoms with Crippen LogP contribution in [0.25, 0.3) is 0 Å². The number of amides is 3. The van der Waals surface area contributed by atoms with Crippen molar-refractivity contribution in [3.05, 3.63) is 67.6 Å². The minimum atomic E-state index is -0.256. The molecule has 2 aliphatic heterocycles. The molecular weight excluding hydrogens is 684 g/mol. The molecule has 3 amide bonds. The van der Waals surface area contributed by atoms with E-state index >= 15 is 0 Å². The molecule has 47 heavy (non-hydrogen) atoms. The van der Waals surface area contributed by atoms with Gasteiger partial charge in [0.25, 0.3) is 5.91 Å². The Labute approximate surface area is 297 Å². The van der Waals surface area contributed by atoms with Crippen molar-refractivity contribution in [1.29, 1.82) is 0 Å². The van der Waals surface area contributed by atoms with Crippen molar-refractivity contribution in [2.45, 2.75) is 57.4 Å². The van der Waals surface area contributed by atoms with Gasteiger partial charge in [-0.25, -0.2) is 0 Å². The molecule has 2 unspecified atom stereocenters. The maximum atomic E-state index is 13.4. The van der Waals surface area contributed by atoms with Gasteiger partial charge in [-0.05, 0) is 81.5 Å². The summed E-state index contributed by atoms with van der Waals surface area (Å²) in [5.74, 6) is -0.660. The lowest BCUT2D eigenvalue weighted by Gasteiger charge is -2.42. The summed E-state index contributed by atoms with van der Waals surface area (Å²) in [6.45, 7) is 5.84. The predicted molar refractivity (Wildman–Crippen MR) is 189 cm³/mol. The van der Waals surface area contributed by atoms with Crippen LogP contribution in [0.4, 0.5) is 0 Å². The van der Waals surface area contributed by atoms with Crippen molar-refractivity contribution in [3.8, 4) is 0 Å². The van der Waals surface area contributed by atoms with Gasteiger partial charge < -0.3 is 24.9 Å². The third kappa shape index (κ3) is 10.2. The number of carbonyl (C=O) groups excluding carboxylic acids is 3. The van der Waals surface area contributed by atoms with E-state index in [9.17, 15) is 14.4 Å². The van der Waals surface area contributed by atoms with Crippen LogP contribution in [0.5, 0.6) is 0 Å². The summed E-state index contributed by atoms with van der Waals surface area (Å²) in [7, 11) is 3.18. The molecule has 2 aromatic carbocycles. The lowest BCUT2D eigenvalue weighted by Crippen LogP contribution is -2.52. The van der Waals surface area contributed by atoms with Crippen LogP contribution < -0.4 is 5.32 Å². The summed E-state index contributed by atoms with van der Waals surface area (Å²) in [5, 5.41) is 8.85. The molecule has 0 radical (unpaired) electrons. The van der Waals surface area contributed by atoms with E-state index < -0.39 is 0 Å². The van der Waals surface area contributed by atoms with Crippen LogP contribution in [0.2, 0.25) is 20.1 Å². The Morgan fingerprint density at radius 2 is 1.72 bits per heavy atom. The molecule has 256 valence electrons. The van der Waals surface area contributed by atoms with E-state index in [1.54, 1.807) is 36.2 Å². The topological polar surface area (TPSA) is 94.6 Å². The number of oxime groups is 1. The molecule has 2 aromatic rings. The van der Waals surface area contributed by atoms with Crippen LogP contribution in [-0.4, -0.2) is 97.6 Å². The first-order valence-electron chi connectivity index (χ1n) is 16.1. The summed E-state index contributed by atoms with van der Waals surface area (Å²) < 4.78 is 0. The second-order valence-corrected chi connectivity index (χ2v) is 13.9. The third-order valence-electron chi connectivity index (χ3n) is 8.93. The SMILES string of the molecule is CCNC(=O)CC1CCCN(C2CCN(CCC(/C(CN(C)C(=O)c3cc(Cl)cc(Cl)c3)=N/OC)c3ccc(Cl)c(Cl)c3)CC2)C1=O. The van der Waals surface area contributed by atoms with Gasteiger partial charge in [0.1, 0.15) is 7.11 Å². The Balaban J connectivity index is 1.43. The van der Waals surface area contributed by atoms with Gasteiger partial charge in [-0.3, -0.25) is 14.4 Å². The van der Waals surface area contributed by atoms with Crippen LogP contribution in [0.15, 0.2) is 41.6 Å².